The van der Waals surface area contributed by atoms with E-state index in [1.807, 2.05) is 44.2 Å². The maximum Gasteiger partial charge on any atom is 0.336 e. The summed E-state index contributed by atoms with van der Waals surface area (Å²) in [5.41, 5.74) is 3.13. The van der Waals surface area contributed by atoms with Crippen molar-refractivity contribution in [1.82, 2.24) is 5.32 Å². The van der Waals surface area contributed by atoms with E-state index in [1.54, 1.807) is 11.8 Å². The molecule has 1 aromatic rings. The van der Waals surface area contributed by atoms with Crippen molar-refractivity contribution in [3.63, 3.8) is 0 Å². The molecule has 7 heteroatoms. The van der Waals surface area contributed by atoms with Crippen LogP contribution in [0.2, 0.25) is 0 Å². The van der Waals surface area contributed by atoms with Gasteiger partial charge in [0.25, 0.3) is 0 Å². The maximum atomic E-state index is 13.6. The zero-order valence-electron chi connectivity index (χ0n) is 18.4. The van der Waals surface area contributed by atoms with Crippen molar-refractivity contribution in [2.24, 2.45) is 11.8 Å². The number of Topliss-reactive ketones (excluding diaryl/α,β-unsaturated/α-hetero) is 1. The third kappa shape index (κ3) is 4.71. The van der Waals surface area contributed by atoms with Gasteiger partial charge < -0.3 is 14.8 Å². The van der Waals surface area contributed by atoms with Gasteiger partial charge in [-0.2, -0.15) is 11.8 Å². The van der Waals surface area contributed by atoms with E-state index in [9.17, 15) is 14.4 Å². The van der Waals surface area contributed by atoms with Crippen LogP contribution in [-0.2, 0) is 23.9 Å². The summed E-state index contributed by atoms with van der Waals surface area (Å²) in [6, 6.07) is 9.43. The molecule has 1 aliphatic heterocycles. The van der Waals surface area contributed by atoms with Crippen LogP contribution in [0.25, 0.3) is 0 Å². The number of esters is 2. The van der Waals surface area contributed by atoms with Crippen molar-refractivity contribution >= 4 is 29.5 Å². The van der Waals surface area contributed by atoms with Crippen LogP contribution in [0.15, 0.2) is 52.9 Å². The van der Waals surface area contributed by atoms with Crippen molar-refractivity contribution in [1.29, 1.82) is 0 Å². The van der Waals surface area contributed by atoms with Crippen LogP contribution in [0.3, 0.4) is 0 Å². The van der Waals surface area contributed by atoms with E-state index in [-0.39, 0.29) is 11.7 Å². The quantitative estimate of drug-likeness (QED) is 0.392. The molecule has 3 rings (SSSR count). The Hall–Kier alpha value is -2.54. The number of ketones is 1. The fraction of sp³-hybridized carbons (Fsp3) is 0.458. The SMILES string of the molecule is CCSCCOC(=O)C1=C(C)NC2=C(C(=O)[C@@H](C(=O)OC)[C@H](C)C2)[C@H]1c1ccccc1. The Balaban J connectivity index is 2.04. The number of dihydropyridines is 1. The number of carbonyl (C=O) groups excluding carboxylic acids is 3. The molecule has 0 fully saturated rings. The molecule has 0 bridgehead atoms. The summed E-state index contributed by atoms with van der Waals surface area (Å²) in [7, 11) is 1.29. The van der Waals surface area contributed by atoms with Gasteiger partial charge in [-0.15, -0.1) is 0 Å². The number of hydrogen-bond donors (Lipinski definition) is 1. The average Bonchev–Trinajstić information content (AvgIpc) is 2.76. The highest BCUT2D eigenvalue weighted by molar-refractivity contribution is 7.99. The molecule has 1 N–H and O–H groups in total. The van der Waals surface area contributed by atoms with E-state index in [4.69, 9.17) is 9.47 Å². The van der Waals surface area contributed by atoms with Crippen molar-refractivity contribution in [3.8, 4) is 0 Å². The average molecular weight is 444 g/mol. The molecule has 6 nitrogen and oxygen atoms in total. The van der Waals surface area contributed by atoms with Gasteiger partial charge in [0.05, 0.1) is 12.7 Å². The Morgan fingerprint density at radius 2 is 1.94 bits per heavy atom. The summed E-state index contributed by atoms with van der Waals surface area (Å²) in [6.07, 6.45) is 0.525. The Kier molecular flexibility index (Phi) is 7.59. The summed E-state index contributed by atoms with van der Waals surface area (Å²) in [4.78, 5) is 39.1. The van der Waals surface area contributed by atoms with E-state index < -0.39 is 23.8 Å². The predicted octanol–water partition coefficient (Wildman–Crippen LogP) is 3.60. The molecule has 0 spiro atoms. The van der Waals surface area contributed by atoms with Crippen LogP contribution in [0.4, 0.5) is 0 Å². The molecule has 2 aliphatic rings. The van der Waals surface area contributed by atoms with Crippen LogP contribution in [0, 0.1) is 11.8 Å². The Morgan fingerprint density at radius 1 is 1.23 bits per heavy atom. The first kappa shape index (κ1) is 23.1. The highest BCUT2D eigenvalue weighted by Gasteiger charge is 2.47. The van der Waals surface area contributed by atoms with E-state index in [1.165, 1.54) is 7.11 Å². The second kappa shape index (κ2) is 10.2. The smallest absolute Gasteiger partial charge is 0.336 e. The molecule has 31 heavy (non-hydrogen) atoms. The van der Waals surface area contributed by atoms with E-state index in [0.29, 0.717) is 35.6 Å². The monoisotopic (exact) mass is 443 g/mol. The number of benzene rings is 1. The van der Waals surface area contributed by atoms with E-state index in [2.05, 4.69) is 12.2 Å². The van der Waals surface area contributed by atoms with Gasteiger partial charge in [-0.1, -0.05) is 44.2 Å². The van der Waals surface area contributed by atoms with Gasteiger partial charge in [0.2, 0.25) is 0 Å². The van der Waals surface area contributed by atoms with Gasteiger partial charge in [-0.3, -0.25) is 9.59 Å². The molecule has 3 atom stereocenters. The topological polar surface area (TPSA) is 81.7 Å². The highest BCUT2D eigenvalue weighted by Crippen LogP contribution is 2.45. The van der Waals surface area contributed by atoms with Gasteiger partial charge in [-0.25, -0.2) is 4.79 Å². The minimum Gasteiger partial charge on any atom is -0.468 e. The number of carbonyl (C=O) groups is 3. The zero-order chi connectivity index (χ0) is 22.5. The van der Waals surface area contributed by atoms with Crippen LogP contribution < -0.4 is 5.32 Å². The van der Waals surface area contributed by atoms with E-state index in [0.717, 1.165) is 17.0 Å². The van der Waals surface area contributed by atoms with E-state index >= 15 is 0 Å². The Labute approximate surface area is 187 Å². The molecule has 0 saturated heterocycles. The molecule has 0 unspecified atom stereocenters. The summed E-state index contributed by atoms with van der Waals surface area (Å²) in [6.45, 7) is 6.06. The van der Waals surface area contributed by atoms with Crippen LogP contribution in [0.1, 0.15) is 38.7 Å². The van der Waals surface area contributed by atoms with Crippen LogP contribution in [0.5, 0.6) is 0 Å². The van der Waals surface area contributed by atoms with Crippen molar-refractivity contribution in [2.75, 3.05) is 25.2 Å². The fourth-order valence-corrected chi connectivity index (χ4v) is 4.84. The van der Waals surface area contributed by atoms with Gasteiger partial charge in [0.15, 0.2) is 5.78 Å². The van der Waals surface area contributed by atoms with Gasteiger partial charge >= 0.3 is 11.9 Å². The number of rotatable bonds is 7. The molecular formula is C24H29NO5S. The van der Waals surface area contributed by atoms with Gasteiger partial charge in [0.1, 0.15) is 12.5 Å². The summed E-state index contributed by atoms with van der Waals surface area (Å²) in [5, 5.41) is 3.27. The van der Waals surface area contributed by atoms with Gasteiger partial charge in [0, 0.05) is 28.6 Å². The summed E-state index contributed by atoms with van der Waals surface area (Å²) in [5.74, 6) is -1.27. The molecule has 1 aliphatic carbocycles. The number of hydrogen-bond acceptors (Lipinski definition) is 7. The number of methoxy groups -OCH3 is 1. The largest absolute Gasteiger partial charge is 0.468 e. The Morgan fingerprint density at radius 3 is 2.58 bits per heavy atom. The first-order valence-corrected chi connectivity index (χ1v) is 11.7. The predicted molar refractivity (Wildman–Crippen MR) is 120 cm³/mol. The summed E-state index contributed by atoms with van der Waals surface area (Å²) < 4.78 is 10.5. The zero-order valence-corrected chi connectivity index (χ0v) is 19.2. The van der Waals surface area contributed by atoms with Crippen molar-refractivity contribution < 1.29 is 23.9 Å². The molecule has 0 radical (unpaired) electrons. The van der Waals surface area contributed by atoms with Crippen molar-refractivity contribution in [2.45, 2.75) is 33.1 Å². The lowest BCUT2D eigenvalue weighted by Crippen LogP contribution is -2.43. The standard InChI is InChI=1S/C24H29NO5S/c1-5-31-12-11-30-24(28)19-15(3)25-17-13-14(2)18(23(27)29-4)22(26)21(17)20(19)16-9-7-6-8-10-16/h6-10,14,18,20,25H,5,11-13H2,1-4H3/t14-,18+,20+/m1/s1. The number of allylic oxidation sites excluding steroid dienone is 3. The third-order valence-corrected chi connectivity index (χ3v) is 6.62. The van der Waals surface area contributed by atoms with Crippen molar-refractivity contribution in [3.05, 3.63) is 58.4 Å². The maximum absolute atomic E-state index is 13.6. The molecule has 0 saturated carbocycles. The number of thioether (sulfide) groups is 1. The summed E-state index contributed by atoms with van der Waals surface area (Å²) >= 11 is 1.70. The normalized spacial score (nSPS) is 23.2. The lowest BCUT2D eigenvalue weighted by atomic mass is 9.69. The molecule has 166 valence electrons. The first-order valence-electron chi connectivity index (χ1n) is 10.5. The Bertz CT molecular complexity index is 921. The molecule has 0 amide bonds. The first-order chi connectivity index (χ1) is 14.9. The third-order valence-electron chi connectivity index (χ3n) is 5.76. The minimum atomic E-state index is -0.881. The lowest BCUT2D eigenvalue weighted by molar-refractivity contribution is -0.151. The number of ether oxygens (including phenoxy) is 2. The fourth-order valence-electron chi connectivity index (χ4n) is 4.35. The molecular weight excluding hydrogens is 414 g/mol. The molecule has 1 aromatic carbocycles. The van der Waals surface area contributed by atoms with Crippen LogP contribution >= 0.6 is 11.8 Å². The lowest BCUT2D eigenvalue weighted by Gasteiger charge is -2.38. The molecule has 1 heterocycles. The second-order valence-corrected chi connectivity index (χ2v) is 9.17. The number of nitrogens with one attached hydrogen (secondary N) is 1. The van der Waals surface area contributed by atoms with Gasteiger partial charge in [-0.05, 0) is 30.6 Å². The minimum absolute atomic E-state index is 0.199. The van der Waals surface area contributed by atoms with Crippen LogP contribution in [-0.4, -0.2) is 42.9 Å². The second-order valence-electron chi connectivity index (χ2n) is 7.78. The molecule has 0 aromatic heterocycles. The highest BCUT2D eigenvalue weighted by atomic mass is 32.2.